The van der Waals surface area contributed by atoms with Crippen LogP contribution in [0.15, 0.2) is 206 Å². The maximum absolute atomic E-state index is 5.26. The topological polar surface area (TPSA) is 12.9 Å². The second-order valence-corrected chi connectivity index (χ2v) is 30.9. The summed E-state index contributed by atoms with van der Waals surface area (Å²) in [4.78, 5) is 5.26. The molecule has 15 rings (SSSR count). The third-order valence-corrected chi connectivity index (χ3v) is 25.1. The van der Waals surface area contributed by atoms with Crippen molar-refractivity contribution < 1.29 is 20.1 Å². The van der Waals surface area contributed by atoms with Crippen LogP contribution in [0.1, 0.15) is 254 Å². The predicted molar refractivity (Wildman–Crippen MR) is 429 cm³/mol. The fourth-order valence-corrected chi connectivity index (χ4v) is 19.9. The Labute approximate surface area is 619 Å². The third-order valence-electron chi connectivity index (χ3n) is 25.1. The van der Waals surface area contributed by atoms with Crippen LogP contribution in [-0.2, 0) is 41.8 Å². The van der Waals surface area contributed by atoms with Gasteiger partial charge in [0, 0.05) is 48.0 Å². The van der Waals surface area contributed by atoms with E-state index in [-0.39, 0.29) is 41.8 Å². The van der Waals surface area contributed by atoms with E-state index >= 15 is 0 Å². The van der Waals surface area contributed by atoms with Gasteiger partial charge in [0.15, 0.2) is 0 Å². The number of unbranched alkanes of at least 4 members (excludes halogenated alkanes) is 8. The van der Waals surface area contributed by atoms with E-state index in [1.807, 2.05) is 6.20 Å². The molecule has 1 nitrogen and oxygen atoms in total. The first-order chi connectivity index (χ1) is 49.2. The number of nitrogens with zero attached hydrogens (tertiary/aromatic N) is 1. The molecule has 517 valence electrons. The number of rotatable bonds is 29. The number of hydrogen-bond donors (Lipinski definition) is 0. The molecular formula is C99H106IrN-. The van der Waals surface area contributed by atoms with Crippen LogP contribution in [0, 0.1) is 6.07 Å². The average Bonchev–Trinajstić information content (AvgIpc) is 1.58. The summed E-state index contributed by atoms with van der Waals surface area (Å²) in [7, 11) is 0. The fourth-order valence-electron chi connectivity index (χ4n) is 19.9. The van der Waals surface area contributed by atoms with Crippen molar-refractivity contribution in [2.75, 3.05) is 0 Å². The molecule has 0 saturated heterocycles. The van der Waals surface area contributed by atoms with Gasteiger partial charge in [-0.25, -0.2) is 0 Å². The van der Waals surface area contributed by atoms with Gasteiger partial charge in [-0.3, -0.25) is 0 Å². The Morgan fingerprint density at radius 2 is 0.545 bits per heavy atom. The van der Waals surface area contributed by atoms with Crippen LogP contribution >= 0.6 is 0 Å². The number of benzene rings is 10. The first kappa shape index (κ1) is 70.3. The van der Waals surface area contributed by atoms with Crippen LogP contribution in [0.3, 0.4) is 0 Å². The summed E-state index contributed by atoms with van der Waals surface area (Å²) in [6.07, 6.45) is 30.7. The van der Waals surface area contributed by atoms with Gasteiger partial charge in [0.1, 0.15) is 0 Å². The normalized spacial score (nSPS) is 14.7. The fraction of sp³-hybridized carbons (Fsp3) is 0.364. The molecule has 0 bridgehead atoms. The van der Waals surface area contributed by atoms with Crippen molar-refractivity contribution in [3.63, 3.8) is 0 Å². The number of fused-ring (bicyclic) bond motifs is 13. The quantitative estimate of drug-likeness (QED) is 0.0426. The second-order valence-electron chi connectivity index (χ2n) is 30.9. The Morgan fingerprint density at radius 3 is 0.891 bits per heavy atom. The van der Waals surface area contributed by atoms with E-state index in [9.17, 15) is 0 Å². The molecule has 101 heavy (non-hydrogen) atoms. The molecule has 1 radical (unpaired) electrons. The molecule has 0 saturated carbocycles. The second kappa shape index (κ2) is 29.9. The molecular weight excluding hydrogens is 1400 g/mol. The summed E-state index contributed by atoms with van der Waals surface area (Å²) >= 11 is 0. The molecule has 10 aromatic carbocycles. The molecule has 0 aliphatic heterocycles. The van der Waals surface area contributed by atoms with E-state index < -0.39 is 0 Å². The summed E-state index contributed by atoms with van der Waals surface area (Å²) in [6, 6.07) is 83.7. The van der Waals surface area contributed by atoms with Crippen LogP contribution in [0.4, 0.5) is 0 Å². The van der Waals surface area contributed by atoms with Crippen molar-refractivity contribution in [1.29, 1.82) is 0 Å². The van der Waals surface area contributed by atoms with Gasteiger partial charge >= 0.3 is 0 Å². The van der Waals surface area contributed by atoms with Gasteiger partial charge in [0.25, 0.3) is 0 Å². The van der Waals surface area contributed by atoms with Gasteiger partial charge in [-0.1, -0.05) is 304 Å². The Balaban J connectivity index is 0.00000866. The Kier molecular flexibility index (Phi) is 20.8. The van der Waals surface area contributed by atoms with Crippen molar-refractivity contribution in [3.05, 3.63) is 257 Å². The summed E-state index contributed by atoms with van der Waals surface area (Å²) in [5.74, 6) is 0. The van der Waals surface area contributed by atoms with Gasteiger partial charge in [0.05, 0.1) is 0 Å². The average molecular weight is 1500 g/mol. The third kappa shape index (κ3) is 12.0. The Morgan fingerprint density at radius 1 is 0.257 bits per heavy atom. The van der Waals surface area contributed by atoms with Crippen LogP contribution in [-0.4, -0.2) is 4.98 Å². The zero-order valence-electron chi connectivity index (χ0n) is 61.9. The maximum atomic E-state index is 5.26. The SMILES string of the molecule is CCCCC1(CCCC)c2ccccc2-c2ccc(-c3ccc4c(c3)C(CCCC)(CCCC)c3cc(-c5cc[c-]c(-c6nccc7c(-c8ccc9c(c8)C(CCCC)(CCCC)c8cc(-c%10ccc%11c(c%10)C(CCCC)(CCCC)c%10ccccc%10-%11)ccc8-9)cccc67)c5)ccc3-4)cc21.[Ir]. The van der Waals surface area contributed by atoms with E-state index in [4.69, 9.17) is 4.98 Å². The number of hydrogen-bond acceptors (Lipinski definition) is 1. The molecule has 0 N–H and O–H groups in total. The molecule has 0 atom stereocenters. The zero-order chi connectivity index (χ0) is 68.6. The minimum atomic E-state index is -0.0879. The largest absolute Gasteiger partial charge is 0.304 e. The van der Waals surface area contributed by atoms with Crippen molar-refractivity contribution >= 4 is 10.8 Å². The molecule has 0 unspecified atom stereocenters. The summed E-state index contributed by atoms with van der Waals surface area (Å²) in [6.45, 7) is 19.0. The summed E-state index contributed by atoms with van der Waals surface area (Å²) in [5.41, 5.74) is 36.1. The van der Waals surface area contributed by atoms with Crippen LogP contribution in [0.25, 0.3) is 111 Å². The van der Waals surface area contributed by atoms with E-state index in [2.05, 4.69) is 262 Å². The van der Waals surface area contributed by atoms with Gasteiger partial charge in [-0.05, 0) is 232 Å². The first-order valence-electron chi connectivity index (χ1n) is 39.7. The van der Waals surface area contributed by atoms with E-state index in [1.54, 1.807) is 22.3 Å². The van der Waals surface area contributed by atoms with E-state index in [0.29, 0.717) is 0 Å². The monoisotopic (exact) mass is 1500 g/mol. The summed E-state index contributed by atoms with van der Waals surface area (Å²) in [5, 5.41) is 2.39. The molecule has 1 aromatic heterocycles. The van der Waals surface area contributed by atoms with Crippen molar-refractivity contribution in [2.45, 2.75) is 231 Å². The van der Waals surface area contributed by atoms with Crippen molar-refractivity contribution in [1.82, 2.24) is 4.98 Å². The van der Waals surface area contributed by atoms with Crippen LogP contribution in [0.2, 0.25) is 0 Å². The molecule has 0 spiro atoms. The van der Waals surface area contributed by atoms with Gasteiger partial charge in [0.2, 0.25) is 0 Å². The predicted octanol–water partition coefficient (Wildman–Crippen LogP) is 29.0. The molecule has 0 amide bonds. The van der Waals surface area contributed by atoms with E-state index in [1.165, 1.54) is 245 Å². The minimum absolute atomic E-state index is 0. The zero-order valence-corrected chi connectivity index (χ0v) is 64.3. The van der Waals surface area contributed by atoms with Crippen LogP contribution < -0.4 is 0 Å². The maximum Gasteiger partial charge on any atom is 0.0215 e. The molecule has 4 aliphatic rings. The smallest absolute Gasteiger partial charge is 0.0215 e. The number of aromatic nitrogens is 1. The standard InChI is InChI=1S/C99H106N.Ir/c1-9-17-52-96(53-18-10-2)87-37-27-25-33-78(87)80-45-40-70(63-89(80)96)72-42-48-83-82-47-39-69(62-91(82)98(56-21-13-5,57-22-14-6)92(83)65-72)68-31-29-32-75(61-68)95-86-36-30-35-76(77(86)51-60-100-95)74-44-50-85-84-49-43-73(66-93(84)99(58-23-15-7,59-24-16-8)94(85)67-74)71-41-46-81-79-34-26-28-38-88(79)97(54-19-11-3,55-20-12-4)90(81)64-71;/h25-31,33-51,60-67H,9-24,52-59H2,1-8H3;/q-1;. The van der Waals surface area contributed by atoms with Crippen molar-refractivity contribution in [2.24, 2.45) is 0 Å². The Bertz CT molecular complexity index is 4790. The van der Waals surface area contributed by atoms with E-state index in [0.717, 1.165) is 42.3 Å². The molecule has 1 heterocycles. The molecule has 4 aliphatic carbocycles. The molecule has 2 heteroatoms. The van der Waals surface area contributed by atoms with Gasteiger partial charge in [-0.2, -0.15) is 0 Å². The van der Waals surface area contributed by atoms with Gasteiger partial charge in [-0.15, -0.1) is 35.4 Å². The molecule has 11 aromatic rings. The number of pyridine rings is 1. The van der Waals surface area contributed by atoms with Crippen molar-refractivity contribution in [3.8, 4) is 100 Å². The minimum Gasteiger partial charge on any atom is -0.304 e. The first-order valence-corrected chi connectivity index (χ1v) is 39.7. The van der Waals surface area contributed by atoms with Gasteiger partial charge < -0.3 is 4.98 Å². The molecule has 0 fully saturated rings. The summed E-state index contributed by atoms with van der Waals surface area (Å²) < 4.78 is 0. The Hall–Kier alpha value is -7.74. The van der Waals surface area contributed by atoms with Crippen LogP contribution in [0.5, 0.6) is 0 Å².